The van der Waals surface area contributed by atoms with E-state index in [4.69, 9.17) is 23.2 Å². The summed E-state index contributed by atoms with van der Waals surface area (Å²) in [6, 6.07) is 12.5. The first-order chi connectivity index (χ1) is 15.6. The van der Waals surface area contributed by atoms with Crippen LogP contribution in [0.15, 0.2) is 42.5 Å². The number of nitrogens with zero attached hydrogens (tertiary/aromatic N) is 1. The number of carboxylic acid groups (broad SMARTS) is 1. The second-order valence-electron chi connectivity index (χ2n) is 9.34. The van der Waals surface area contributed by atoms with Crippen LogP contribution in [0.3, 0.4) is 0 Å². The third-order valence-electron chi connectivity index (χ3n) is 7.16. The second-order valence-corrected chi connectivity index (χ2v) is 10.2. The van der Waals surface area contributed by atoms with Crippen molar-refractivity contribution >= 4 is 35.1 Å². The number of aliphatic hydroxyl groups excluding tert-OH is 2. The Labute approximate surface area is 202 Å². The largest absolute Gasteiger partial charge is 0.481 e. The summed E-state index contributed by atoms with van der Waals surface area (Å²) in [6.07, 6.45) is -0.942. The summed E-state index contributed by atoms with van der Waals surface area (Å²) < 4.78 is 0. The first kappa shape index (κ1) is 24.0. The fourth-order valence-corrected chi connectivity index (χ4v) is 6.06. The normalized spacial score (nSPS) is 30.0. The molecule has 8 heteroatoms. The molecule has 1 saturated carbocycles. The number of benzene rings is 2. The lowest BCUT2D eigenvalue weighted by atomic mass is 9.73. The summed E-state index contributed by atoms with van der Waals surface area (Å²) in [5.41, 5.74) is -0.366. The maximum absolute atomic E-state index is 13.8. The minimum Gasteiger partial charge on any atom is -0.481 e. The molecule has 176 valence electrons. The number of halogens is 2. The van der Waals surface area contributed by atoms with Crippen LogP contribution in [-0.2, 0) is 15.1 Å². The molecule has 0 radical (unpaired) electrons. The Morgan fingerprint density at radius 1 is 1.15 bits per heavy atom. The van der Waals surface area contributed by atoms with Gasteiger partial charge in [0, 0.05) is 22.2 Å². The van der Waals surface area contributed by atoms with E-state index in [0.717, 1.165) is 5.56 Å². The van der Waals surface area contributed by atoms with Crippen molar-refractivity contribution in [3.63, 3.8) is 0 Å². The van der Waals surface area contributed by atoms with Crippen molar-refractivity contribution in [1.29, 1.82) is 0 Å². The molecule has 1 amide bonds. The van der Waals surface area contributed by atoms with Gasteiger partial charge in [-0.25, -0.2) is 0 Å². The molecule has 1 aliphatic heterocycles. The number of piperidine rings is 1. The summed E-state index contributed by atoms with van der Waals surface area (Å²) in [7, 11) is 0. The first-order valence-electron chi connectivity index (χ1n) is 11.0. The molecule has 6 nitrogen and oxygen atoms in total. The van der Waals surface area contributed by atoms with Gasteiger partial charge in [0.05, 0.1) is 23.5 Å². The molecule has 1 aliphatic carbocycles. The van der Waals surface area contributed by atoms with Crippen LogP contribution in [0.5, 0.6) is 0 Å². The van der Waals surface area contributed by atoms with Gasteiger partial charge < -0.3 is 20.2 Å². The van der Waals surface area contributed by atoms with Crippen molar-refractivity contribution in [3.8, 4) is 11.1 Å². The minimum absolute atomic E-state index is 0.294. The van der Waals surface area contributed by atoms with E-state index < -0.39 is 29.1 Å². The number of aliphatic carboxylic acids is 1. The van der Waals surface area contributed by atoms with Crippen LogP contribution in [0.4, 0.5) is 0 Å². The molecule has 4 unspecified atom stereocenters. The molecule has 2 aliphatic rings. The van der Waals surface area contributed by atoms with Crippen molar-refractivity contribution < 1.29 is 24.9 Å². The molecule has 2 fully saturated rings. The molecular weight excluding hydrogens is 465 g/mol. The van der Waals surface area contributed by atoms with Gasteiger partial charge in [-0.2, -0.15) is 0 Å². The van der Waals surface area contributed by atoms with Crippen LogP contribution < -0.4 is 0 Å². The molecule has 3 N–H and O–H groups in total. The quantitative estimate of drug-likeness (QED) is 0.572. The fourth-order valence-electron chi connectivity index (χ4n) is 5.59. The Balaban J connectivity index is 1.93. The smallest absolute Gasteiger partial charge is 0.304 e. The molecule has 1 heterocycles. The highest BCUT2D eigenvalue weighted by atomic mass is 35.5. The second kappa shape index (κ2) is 8.91. The van der Waals surface area contributed by atoms with E-state index in [2.05, 4.69) is 0 Å². The van der Waals surface area contributed by atoms with Crippen LogP contribution in [0.2, 0.25) is 10.0 Å². The Hall–Kier alpha value is -2.12. The average molecular weight is 492 g/mol. The Morgan fingerprint density at radius 3 is 2.52 bits per heavy atom. The van der Waals surface area contributed by atoms with Gasteiger partial charge in [0.15, 0.2) is 0 Å². The van der Waals surface area contributed by atoms with E-state index in [1.807, 2.05) is 12.1 Å². The predicted octanol–water partition coefficient (Wildman–Crippen LogP) is 4.47. The topological polar surface area (TPSA) is 98.1 Å². The summed E-state index contributed by atoms with van der Waals surface area (Å²) in [4.78, 5) is 26.9. The summed E-state index contributed by atoms with van der Waals surface area (Å²) in [5.74, 6) is -1.38. The average Bonchev–Trinajstić information content (AvgIpc) is 3.05. The molecule has 4 rings (SSSR count). The van der Waals surface area contributed by atoms with Crippen molar-refractivity contribution in [2.75, 3.05) is 6.54 Å². The zero-order chi connectivity index (χ0) is 24.0. The highest BCUT2D eigenvalue weighted by Crippen LogP contribution is 2.52. The van der Waals surface area contributed by atoms with Gasteiger partial charge in [0.2, 0.25) is 5.91 Å². The summed E-state index contributed by atoms with van der Waals surface area (Å²) in [6.45, 7) is 2.01. The van der Waals surface area contributed by atoms with Gasteiger partial charge in [-0.3, -0.25) is 9.59 Å². The van der Waals surface area contributed by atoms with Crippen LogP contribution in [-0.4, -0.2) is 50.8 Å². The van der Waals surface area contributed by atoms with E-state index in [1.165, 1.54) is 0 Å². The van der Waals surface area contributed by atoms with Crippen molar-refractivity contribution in [3.05, 3.63) is 58.1 Å². The molecule has 33 heavy (non-hydrogen) atoms. The number of carboxylic acids is 1. The number of carbonyl (C=O) groups is 2. The van der Waals surface area contributed by atoms with Crippen molar-refractivity contribution in [1.82, 2.24) is 4.90 Å². The highest BCUT2D eigenvalue weighted by molar-refractivity contribution is 6.34. The van der Waals surface area contributed by atoms with E-state index in [1.54, 1.807) is 42.2 Å². The molecule has 0 bridgehead atoms. The number of likely N-dealkylation sites (tertiary alicyclic amines) is 1. The lowest BCUT2D eigenvalue weighted by Crippen LogP contribution is -2.61. The zero-order valence-electron chi connectivity index (χ0n) is 18.3. The van der Waals surface area contributed by atoms with Crippen molar-refractivity contribution in [2.24, 2.45) is 5.41 Å². The maximum Gasteiger partial charge on any atom is 0.304 e. The molecule has 2 aromatic carbocycles. The van der Waals surface area contributed by atoms with E-state index in [9.17, 15) is 24.9 Å². The molecule has 2 aromatic rings. The first-order valence-corrected chi connectivity index (χ1v) is 11.8. The number of hydrogen-bond donors (Lipinski definition) is 3. The van der Waals surface area contributed by atoms with Crippen LogP contribution in [0.1, 0.15) is 44.6 Å². The van der Waals surface area contributed by atoms with Gasteiger partial charge >= 0.3 is 5.97 Å². The molecule has 0 spiro atoms. The minimum atomic E-state index is -1.26. The Kier molecular flexibility index (Phi) is 6.49. The third-order valence-corrected chi connectivity index (χ3v) is 7.71. The summed E-state index contributed by atoms with van der Waals surface area (Å²) in [5, 5.41) is 32.4. The number of aliphatic hydroxyl groups is 2. The maximum atomic E-state index is 13.8. The lowest BCUT2D eigenvalue weighted by Gasteiger charge is -2.51. The van der Waals surface area contributed by atoms with Gasteiger partial charge in [-0.15, -0.1) is 0 Å². The monoisotopic (exact) mass is 491 g/mol. The standard InChI is InChI=1S/C25H27Cl2NO5/c1-24(14-20(30)31)10-4-12-28(23(24)33)25(11-9-19(29)22(25)32)17-7-3-8-18(27)21(17)15-5-2-6-16(26)13-15/h2-3,5-8,13,19,22,29,32H,4,9-12,14H2,1H3,(H,30,31). The summed E-state index contributed by atoms with van der Waals surface area (Å²) >= 11 is 12.9. The van der Waals surface area contributed by atoms with Crippen molar-refractivity contribution in [2.45, 2.75) is 56.8 Å². The zero-order valence-corrected chi connectivity index (χ0v) is 19.8. The molecular formula is C25H27Cl2NO5. The van der Waals surface area contributed by atoms with Crippen LogP contribution >= 0.6 is 23.2 Å². The fraction of sp³-hybridized carbons (Fsp3) is 0.440. The number of rotatable bonds is 5. The van der Waals surface area contributed by atoms with Gasteiger partial charge in [0.25, 0.3) is 0 Å². The van der Waals surface area contributed by atoms with Gasteiger partial charge in [-0.1, -0.05) is 54.4 Å². The van der Waals surface area contributed by atoms with Gasteiger partial charge in [0.1, 0.15) is 6.10 Å². The molecule has 1 saturated heterocycles. The van der Waals surface area contributed by atoms with E-state index >= 15 is 0 Å². The Morgan fingerprint density at radius 2 is 1.88 bits per heavy atom. The number of hydrogen-bond acceptors (Lipinski definition) is 4. The Bertz CT molecular complexity index is 1090. The van der Waals surface area contributed by atoms with E-state index in [0.29, 0.717) is 53.4 Å². The van der Waals surface area contributed by atoms with Crippen LogP contribution in [0, 0.1) is 5.41 Å². The third kappa shape index (κ3) is 4.03. The SMILES string of the molecule is CC1(CC(=O)O)CCCN(C2(c3cccc(Cl)c3-c3cccc(Cl)c3)CCC(O)C2O)C1=O. The number of carbonyl (C=O) groups excluding carboxylic acids is 1. The molecule has 0 aromatic heterocycles. The molecule has 4 atom stereocenters. The van der Waals surface area contributed by atoms with E-state index in [-0.39, 0.29) is 12.3 Å². The highest BCUT2D eigenvalue weighted by Gasteiger charge is 2.58. The number of amides is 1. The van der Waals surface area contributed by atoms with Crippen LogP contribution in [0.25, 0.3) is 11.1 Å². The lowest BCUT2D eigenvalue weighted by molar-refractivity contribution is -0.165. The predicted molar refractivity (Wildman–Crippen MR) is 126 cm³/mol. The van der Waals surface area contributed by atoms with Gasteiger partial charge in [-0.05, 0) is 55.0 Å².